The summed E-state index contributed by atoms with van der Waals surface area (Å²) in [5, 5.41) is 7.35. The van der Waals surface area contributed by atoms with Crippen LogP contribution < -0.4 is 5.32 Å². The zero-order valence-electron chi connectivity index (χ0n) is 13.0. The Morgan fingerprint density at radius 2 is 2.33 bits per heavy atom. The molecule has 0 aromatic carbocycles. The summed E-state index contributed by atoms with van der Waals surface area (Å²) in [5.74, 6) is 0. The Morgan fingerprint density at radius 1 is 1.52 bits per heavy atom. The predicted molar refractivity (Wildman–Crippen MR) is 89.3 cm³/mol. The van der Waals surface area contributed by atoms with Crippen LogP contribution in [0.3, 0.4) is 0 Å². The molecular weight excluding hydrogens is 302 g/mol. The highest BCUT2D eigenvalue weighted by molar-refractivity contribution is 8.00. The van der Waals surface area contributed by atoms with E-state index in [4.69, 9.17) is 9.72 Å². The zero-order valence-corrected chi connectivity index (χ0v) is 14.7. The highest BCUT2D eigenvalue weighted by Gasteiger charge is 2.28. The van der Waals surface area contributed by atoms with Crippen LogP contribution >= 0.6 is 23.1 Å². The van der Waals surface area contributed by atoms with E-state index in [-0.39, 0.29) is 5.54 Å². The number of hydrogen-bond donors (Lipinski definition) is 1. The van der Waals surface area contributed by atoms with Gasteiger partial charge in [0.05, 0.1) is 11.8 Å². The molecule has 0 saturated carbocycles. The van der Waals surface area contributed by atoms with E-state index in [0.717, 1.165) is 29.6 Å². The lowest BCUT2D eigenvalue weighted by Gasteiger charge is -2.21. The monoisotopic (exact) mass is 325 g/mol. The summed E-state index contributed by atoms with van der Waals surface area (Å²) in [4.78, 5) is 5.90. The van der Waals surface area contributed by atoms with Crippen molar-refractivity contribution in [2.75, 3.05) is 6.61 Å². The molecular formula is C15H23N3OS2. The Balaban J connectivity index is 1.84. The average molecular weight is 326 g/mol. The smallest absolute Gasteiger partial charge is 0.194 e. The SMILES string of the molecule is CC1OCCC1Sc1nc2sccn2c1CNC(C)(C)C. The molecule has 4 nitrogen and oxygen atoms in total. The van der Waals surface area contributed by atoms with Crippen molar-refractivity contribution < 1.29 is 4.74 Å². The number of nitrogens with one attached hydrogen (secondary N) is 1. The minimum Gasteiger partial charge on any atom is -0.377 e. The van der Waals surface area contributed by atoms with Gasteiger partial charge >= 0.3 is 0 Å². The molecule has 1 N–H and O–H groups in total. The molecule has 1 fully saturated rings. The van der Waals surface area contributed by atoms with Gasteiger partial charge < -0.3 is 10.1 Å². The molecule has 2 aromatic heterocycles. The Morgan fingerprint density at radius 3 is 3.00 bits per heavy atom. The molecule has 1 saturated heterocycles. The number of hydrogen-bond acceptors (Lipinski definition) is 5. The molecule has 0 aliphatic carbocycles. The second kappa shape index (κ2) is 5.91. The van der Waals surface area contributed by atoms with Gasteiger partial charge in [-0.2, -0.15) is 0 Å². The van der Waals surface area contributed by atoms with Gasteiger partial charge in [0.15, 0.2) is 4.96 Å². The van der Waals surface area contributed by atoms with Crippen molar-refractivity contribution in [1.82, 2.24) is 14.7 Å². The van der Waals surface area contributed by atoms with E-state index in [2.05, 4.69) is 49.0 Å². The van der Waals surface area contributed by atoms with Crippen molar-refractivity contribution in [2.45, 2.75) is 62.6 Å². The summed E-state index contributed by atoms with van der Waals surface area (Å²) in [7, 11) is 0. The van der Waals surface area contributed by atoms with E-state index in [1.165, 1.54) is 5.69 Å². The van der Waals surface area contributed by atoms with Gasteiger partial charge in [-0.15, -0.1) is 11.3 Å². The van der Waals surface area contributed by atoms with E-state index in [9.17, 15) is 0 Å². The van der Waals surface area contributed by atoms with Crippen molar-refractivity contribution in [3.8, 4) is 0 Å². The molecule has 0 amide bonds. The van der Waals surface area contributed by atoms with E-state index in [1.807, 2.05) is 11.8 Å². The highest BCUT2D eigenvalue weighted by atomic mass is 32.2. The van der Waals surface area contributed by atoms with Crippen LogP contribution in [0.1, 0.15) is 39.8 Å². The third kappa shape index (κ3) is 3.44. The molecule has 6 heteroatoms. The van der Waals surface area contributed by atoms with Crippen molar-refractivity contribution in [2.24, 2.45) is 0 Å². The summed E-state index contributed by atoms with van der Waals surface area (Å²) < 4.78 is 7.89. The number of thioether (sulfide) groups is 1. The summed E-state index contributed by atoms with van der Waals surface area (Å²) in [6.45, 7) is 10.5. The quantitative estimate of drug-likeness (QED) is 0.933. The number of fused-ring (bicyclic) bond motifs is 1. The molecule has 1 aliphatic heterocycles. The molecule has 116 valence electrons. The largest absolute Gasteiger partial charge is 0.377 e. The van der Waals surface area contributed by atoms with Gasteiger partial charge in [0, 0.05) is 35.5 Å². The standard InChI is InChI=1S/C15H23N3OS2/c1-10-12(5-7-19-10)21-13-11(9-16-15(2,3)4)18-6-8-20-14(18)17-13/h6,8,10,12,16H,5,7,9H2,1-4H3. The summed E-state index contributed by atoms with van der Waals surface area (Å²) >= 11 is 3.57. The lowest BCUT2D eigenvalue weighted by Crippen LogP contribution is -2.35. The second-order valence-electron chi connectivity index (χ2n) is 6.54. The molecule has 0 bridgehead atoms. The van der Waals surface area contributed by atoms with Crippen LogP contribution in [0.15, 0.2) is 16.6 Å². The molecule has 1 aliphatic rings. The maximum Gasteiger partial charge on any atom is 0.194 e. The van der Waals surface area contributed by atoms with Crippen LogP contribution in [0.5, 0.6) is 0 Å². The maximum absolute atomic E-state index is 5.68. The Labute approximate surface area is 134 Å². The molecule has 0 radical (unpaired) electrons. The number of imidazole rings is 1. The fraction of sp³-hybridized carbons (Fsp3) is 0.667. The van der Waals surface area contributed by atoms with Crippen LogP contribution in [-0.4, -0.2) is 32.9 Å². The summed E-state index contributed by atoms with van der Waals surface area (Å²) in [5.41, 5.74) is 1.37. The predicted octanol–water partition coefficient (Wildman–Crippen LogP) is 3.55. The fourth-order valence-corrected chi connectivity index (χ4v) is 4.43. The fourth-order valence-electron chi connectivity index (χ4n) is 2.43. The van der Waals surface area contributed by atoms with Crippen molar-refractivity contribution in [3.63, 3.8) is 0 Å². The lowest BCUT2D eigenvalue weighted by atomic mass is 10.1. The van der Waals surface area contributed by atoms with Crippen LogP contribution in [0.2, 0.25) is 0 Å². The van der Waals surface area contributed by atoms with Crippen molar-refractivity contribution in [1.29, 1.82) is 0 Å². The molecule has 2 unspecified atom stereocenters. The normalized spacial score (nSPS) is 23.2. The molecule has 3 rings (SSSR count). The number of aromatic nitrogens is 2. The van der Waals surface area contributed by atoms with E-state index in [0.29, 0.717) is 11.4 Å². The van der Waals surface area contributed by atoms with Gasteiger partial charge in [0.25, 0.3) is 0 Å². The first-order valence-electron chi connectivity index (χ1n) is 7.42. The van der Waals surface area contributed by atoms with Gasteiger partial charge in [-0.25, -0.2) is 4.98 Å². The van der Waals surface area contributed by atoms with E-state index < -0.39 is 0 Å². The lowest BCUT2D eigenvalue weighted by molar-refractivity contribution is 0.127. The number of rotatable bonds is 4. The molecule has 2 aromatic rings. The van der Waals surface area contributed by atoms with Crippen molar-refractivity contribution >= 4 is 28.1 Å². The van der Waals surface area contributed by atoms with E-state index in [1.54, 1.807) is 11.3 Å². The molecule has 2 atom stereocenters. The topological polar surface area (TPSA) is 38.6 Å². The van der Waals surface area contributed by atoms with Crippen LogP contribution in [0.25, 0.3) is 4.96 Å². The Kier molecular flexibility index (Phi) is 4.32. The van der Waals surface area contributed by atoms with Gasteiger partial charge in [-0.1, -0.05) is 11.8 Å². The van der Waals surface area contributed by atoms with Gasteiger partial charge in [0.1, 0.15) is 5.03 Å². The molecule has 3 heterocycles. The first-order valence-corrected chi connectivity index (χ1v) is 9.18. The Hall–Kier alpha value is -0.560. The minimum absolute atomic E-state index is 0.103. The first kappa shape index (κ1) is 15.3. The van der Waals surface area contributed by atoms with Crippen molar-refractivity contribution in [3.05, 3.63) is 17.3 Å². The van der Waals surface area contributed by atoms with Gasteiger partial charge in [0.2, 0.25) is 0 Å². The molecule has 0 spiro atoms. The number of ether oxygens (including phenoxy) is 1. The minimum atomic E-state index is 0.103. The molecule has 21 heavy (non-hydrogen) atoms. The van der Waals surface area contributed by atoms with Crippen LogP contribution in [-0.2, 0) is 11.3 Å². The third-order valence-corrected chi connectivity index (χ3v) is 5.91. The highest BCUT2D eigenvalue weighted by Crippen LogP contribution is 2.35. The van der Waals surface area contributed by atoms with E-state index >= 15 is 0 Å². The zero-order chi connectivity index (χ0) is 15.0. The second-order valence-corrected chi connectivity index (χ2v) is 8.64. The van der Waals surface area contributed by atoms with Gasteiger partial charge in [-0.3, -0.25) is 4.40 Å². The van der Waals surface area contributed by atoms with Crippen LogP contribution in [0.4, 0.5) is 0 Å². The summed E-state index contributed by atoms with van der Waals surface area (Å²) in [6, 6.07) is 0. The average Bonchev–Trinajstić information content (AvgIpc) is 3.04. The maximum atomic E-state index is 5.68. The number of thiazole rings is 1. The first-order chi connectivity index (χ1) is 9.94. The van der Waals surface area contributed by atoms with Gasteiger partial charge in [-0.05, 0) is 34.1 Å². The van der Waals surface area contributed by atoms with Crippen LogP contribution in [0, 0.1) is 0 Å². The summed E-state index contributed by atoms with van der Waals surface area (Å²) in [6.07, 6.45) is 3.55. The Bertz CT molecular complexity index is 614. The third-order valence-electron chi connectivity index (χ3n) is 3.68. The number of nitrogens with zero attached hydrogens (tertiary/aromatic N) is 2.